The second-order valence-electron chi connectivity index (χ2n) is 16.3. The summed E-state index contributed by atoms with van der Waals surface area (Å²) in [5, 5.41) is 18.3. The van der Waals surface area contributed by atoms with Gasteiger partial charge in [0.2, 0.25) is 0 Å². The molecule has 12 aromatic rings. The van der Waals surface area contributed by atoms with Crippen molar-refractivity contribution in [2.75, 3.05) is 0 Å². The number of benzene rings is 8. The van der Waals surface area contributed by atoms with Crippen LogP contribution >= 0.6 is 0 Å². The van der Waals surface area contributed by atoms with E-state index in [9.17, 15) is 5.26 Å². The van der Waals surface area contributed by atoms with Gasteiger partial charge in [-0.1, -0.05) is 97.1 Å². The van der Waals surface area contributed by atoms with E-state index in [4.69, 9.17) is 0 Å². The van der Waals surface area contributed by atoms with Gasteiger partial charge in [-0.3, -0.25) is 0 Å². The fraction of sp³-hybridized carbons (Fsp3) is 0.0755. The largest absolute Gasteiger partial charge is 0.417 e. The maximum atomic E-state index is 15.3. The molecule has 5 nitrogen and oxygen atoms in total. The highest BCUT2D eigenvalue weighted by Gasteiger charge is 2.42. The van der Waals surface area contributed by atoms with E-state index in [1.807, 2.05) is 126 Å². The molecule has 0 saturated carbocycles. The van der Waals surface area contributed by atoms with Crippen LogP contribution in [0.4, 0.5) is 26.3 Å². The number of aromatic nitrogens is 4. The van der Waals surface area contributed by atoms with Crippen molar-refractivity contribution in [3.8, 4) is 28.6 Å². The zero-order chi connectivity index (χ0) is 44.0. The van der Waals surface area contributed by atoms with Crippen LogP contribution in [0.1, 0.15) is 16.7 Å². The first-order valence-electron chi connectivity index (χ1n) is 20.5. The number of nitriles is 1. The molecule has 64 heavy (non-hydrogen) atoms. The number of hydrogen-bond donors (Lipinski definition) is 0. The lowest BCUT2D eigenvalue weighted by atomic mass is 9.90. The summed E-state index contributed by atoms with van der Waals surface area (Å²) in [7, 11) is 3.89. The number of fused-ring (bicyclic) bond motifs is 14. The van der Waals surface area contributed by atoms with Gasteiger partial charge in [-0.2, -0.15) is 31.6 Å². The van der Waals surface area contributed by atoms with Crippen LogP contribution in [0.15, 0.2) is 152 Å². The van der Waals surface area contributed by atoms with Gasteiger partial charge >= 0.3 is 12.4 Å². The minimum atomic E-state index is -5.20. The first-order valence-corrected chi connectivity index (χ1v) is 20.5. The van der Waals surface area contributed by atoms with Gasteiger partial charge in [0.05, 0.1) is 55.6 Å². The summed E-state index contributed by atoms with van der Waals surface area (Å²) in [6.45, 7) is 0. The molecule has 0 N–H and O–H groups in total. The van der Waals surface area contributed by atoms with Gasteiger partial charge in [0.25, 0.3) is 0 Å². The van der Waals surface area contributed by atoms with Gasteiger partial charge in [-0.05, 0) is 54.6 Å². The summed E-state index contributed by atoms with van der Waals surface area (Å²) in [6.07, 6.45) is -10.4. The summed E-state index contributed by atoms with van der Waals surface area (Å²) in [5.41, 5.74) is 1.73. The highest BCUT2D eigenvalue weighted by atomic mass is 19.4. The number of halogens is 6. The predicted octanol–water partition coefficient (Wildman–Crippen LogP) is 14.7. The Kier molecular flexibility index (Phi) is 7.69. The van der Waals surface area contributed by atoms with Crippen molar-refractivity contribution in [2.24, 2.45) is 14.1 Å². The maximum absolute atomic E-state index is 15.3. The highest BCUT2D eigenvalue weighted by Crippen LogP contribution is 2.51. The van der Waals surface area contributed by atoms with Crippen molar-refractivity contribution >= 4 is 87.2 Å². The van der Waals surface area contributed by atoms with Gasteiger partial charge in [0, 0.05) is 79.3 Å². The number of aryl methyl sites for hydroxylation is 2. The van der Waals surface area contributed by atoms with Gasteiger partial charge in [0.15, 0.2) is 0 Å². The number of nitrogens with zero attached hydrogens (tertiary/aromatic N) is 5. The van der Waals surface area contributed by atoms with E-state index >= 15 is 26.3 Å². The van der Waals surface area contributed by atoms with Crippen LogP contribution in [-0.4, -0.2) is 18.3 Å². The minimum absolute atomic E-state index is 0.107. The third-order valence-electron chi connectivity index (χ3n) is 13.1. The Bertz CT molecular complexity index is 4000. The molecular formula is C53H31F6N5. The standard InChI is InChI=1S/C53H31F6N5/c1-61-39-18-7-5-14-33(39)47-44(61)26-22-31-29-12-3-9-20-41(29)63(50(31)47)43-25-24-35(46-37(52(54,55)56)16-11-17-38(46)53(57,58)59)49(36(43)28-60)64-42-21-10-4-13-30(42)32-23-27-45-48(51(32)64)34-15-6-8-19-40(34)62(45)2/h3-27H,1-2H3. The average Bonchev–Trinajstić information content (AvgIpc) is 4.00. The molecule has 0 unspecified atom stereocenters. The van der Waals surface area contributed by atoms with Crippen LogP contribution in [0.25, 0.3) is 110 Å². The van der Waals surface area contributed by atoms with Crippen molar-refractivity contribution in [1.29, 1.82) is 5.26 Å². The molecule has 4 aromatic heterocycles. The fourth-order valence-corrected chi connectivity index (χ4v) is 10.5. The summed E-state index contributed by atoms with van der Waals surface area (Å²) >= 11 is 0. The zero-order valence-electron chi connectivity index (χ0n) is 33.9. The lowest BCUT2D eigenvalue weighted by Crippen LogP contribution is -2.16. The van der Waals surface area contributed by atoms with E-state index in [1.165, 1.54) is 12.1 Å². The van der Waals surface area contributed by atoms with Crippen molar-refractivity contribution in [3.63, 3.8) is 0 Å². The van der Waals surface area contributed by atoms with E-state index in [0.717, 1.165) is 66.0 Å². The first-order chi connectivity index (χ1) is 30.9. The molecule has 12 rings (SSSR count). The second kappa shape index (κ2) is 13.0. The van der Waals surface area contributed by atoms with Crippen molar-refractivity contribution in [3.05, 3.63) is 168 Å². The number of alkyl halides is 6. The van der Waals surface area contributed by atoms with Gasteiger partial charge < -0.3 is 18.3 Å². The minimum Gasteiger partial charge on any atom is -0.344 e. The van der Waals surface area contributed by atoms with E-state index in [2.05, 4.69) is 16.7 Å². The summed E-state index contributed by atoms with van der Waals surface area (Å²) in [6, 6.07) is 46.0. The third kappa shape index (κ3) is 4.96. The predicted molar refractivity (Wildman–Crippen MR) is 243 cm³/mol. The van der Waals surface area contributed by atoms with Gasteiger partial charge in [0.1, 0.15) is 11.6 Å². The fourth-order valence-electron chi connectivity index (χ4n) is 10.5. The molecule has 8 aromatic carbocycles. The van der Waals surface area contributed by atoms with Crippen molar-refractivity contribution < 1.29 is 26.3 Å². The molecule has 0 amide bonds. The lowest BCUT2D eigenvalue weighted by molar-refractivity contribution is -0.142. The van der Waals surface area contributed by atoms with Crippen molar-refractivity contribution in [2.45, 2.75) is 12.4 Å². The Morgan fingerprint density at radius 3 is 1.34 bits per heavy atom. The summed E-state index contributed by atoms with van der Waals surface area (Å²) in [4.78, 5) is 0. The monoisotopic (exact) mass is 851 g/mol. The molecular weight excluding hydrogens is 821 g/mol. The second-order valence-corrected chi connectivity index (χ2v) is 16.3. The molecule has 0 spiro atoms. The number of hydrogen-bond acceptors (Lipinski definition) is 1. The Balaban J connectivity index is 1.36. The first kappa shape index (κ1) is 37.8. The molecule has 4 heterocycles. The molecule has 0 aliphatic rings. The molecule has 0 bridgehead atoms. The van der Waals surface area contributed by atoms with Crippen LogP contribution in [-0.2, 0) is 26.4 Å². The quantitative estimate of drug-likeness (QED) is 0.163. The summed E-state index contributed by atoms with van der Waals surface area (Å²) in [5.74, 6) is 0. The average molecular weight is 852 g/mol. The Labute approximate surface area is 359 Å². The van der Waals surface area contributed by atoms with E-state index in [1.54, 1.807) is 16.7 Å². The van der Waals surface area contributed by atoms with E-state index in [-0.39, 0.29) is 11.3 Å². The van der Waals surface area contributed by atoms with Crippen LogP contribution in [0.3, 0.4) is 0 Å². The molecule has 310 valence electrons. The summed E-state index contributed by atoms with van der Waals surface area (Å²) < 4.78 is 99.8. The van der Waals surface area contributed by atoms with Gasteiger partial charge in [-0.15, -0.1) is 0 Å². The van der Waals surface area contributed by atoms with Crippen LogP contribution in [0.5, 0.6) is 0 Å². The molecule has 0 aliphatic heterocycles. The van der Waals surface area contributed by atoms with Crippen LogP contribution < -0.4 is 0 Å². The Morgan fingerprint density at radius 1 is 0.422 bits per heavy atom. The van der Waals surface area contributed by atoms with E-state index < -0.39 is 34.6 Å². The third-order valence-corrected chi connectivity index (χ3v) is 13.1. The van der Waals surface area contributed by atoms with E-state index in [0.29, 0.717) is 45.1 Å². The van der Waals surface area contributed by atoms with Gasteiger partial charge in [-0.25, -0.2) is 0 Å². The number of para-hydroxylation sites is 4. The van der Waals surface area contributed by atoms with Crippen LogP contribution in [0.2, 0.25) is 0 Å². The normalized spacial score (nSPS) is 12.7. The zero-order valence-corrected chi connectivity index (χ0v) is 33.9. The van der Waals surface area contributed by atoms with Crippen LogP contribution in [0, 0.1) is 11.3 Å². The van der Waals surface area contributed by atoms with Crippen molar-refractivity contribution in [1.82, 2.24) is 18.3 Å². The molecule has 0 aliphatic carbocycles. The molecule has 0 radical (unpaired) electrons. The Hall–Kier alpha value is -7.97. The lowest BCUT2D eigenvalue weighted by Gasteiger charge is -2.24. The highest BCUT2D eigenvalue weighted by molar-refractivity contribution is 6.27. The molecule has 0 atom stereocenters. The molecule has 0 saturated heterocycles. The maximum Gasteiger partial charge on any atom is 0.417 e. The molecule has 11 heteroatoms. The molecule has 0 fully saturated rings. The topological polar surface area (TPSA) is 43.5 Å². The smallest absolute Gasteiger partial charge is 0.344 e. The number of rotatable bonds is 3. The Morgan fingerprint density at radius 2 is 0.859 bits per heavy atom. The SMILES string of the molecule is Cn1c2ccccc2c2c1ccc1c3ccccc3n(-c3ccc(-c4c(C(F)(F)F)cccc4C(F)(F)F)c(-n4c5ccccc5c5ccc6c(c7ccccc7n6C)c54)c3C#N)c12.